The zero-order chi connectivity index (χ0) is 15.8. The quantitative estimate of drug-likeness (QED) is 0.807. The van der Waals surface area contributed by atoms with Crippen molar-refractivity contribution in [1.29, 1.82) is 0 Å². The molecule has 1 amide bonds. The molecule has 2 rings (SSSR count). The van der Waals surface area contributed by atoms with E-state index < -0.39 is 16.1 Å². The maximum absolute atomic E-state index is 12.9. The molecule has 1 saturated heterocycles. The summed E-state index contributed by atoms with van der Waals surface area (Å²) in [6.45, 7) is 5.89. The van der Waals surface area contributed by atoms with Gasteiger partial charge in [0.2, 0.25) is 15.9 Å². The SMILES string of the molecule is CCC1C(=O)NCCN1S(=O)(=O)c1cc(C)cc(N)c1C. The molecule has 1 atom stereocenters. The van der Waals surface area contributed by atoms with Crippen LogP contribution in [-0.4, -0.2) is 37.8 Å². The molecule has 21 heavy (non-hydrogen) atoms. The summed E-state index contributed by atoms with van der Waals surface area (Å²) < 4.78 is 27.1. The van der Waals surface area contributed by atoms with E-state index >= 15 is 0 Å². The molecule has 1 aromatic rings. The Hall–Kier alpha value is -1.60. The van der Waals surface area contributed by atoms with Gasteiger partial charge in [-0.05, 0) is 43.5 Å². The van der Waals surface area contributed by atoms with E-state index in [2.05, 4.69) is 5.32 Å². The first kappa shape index (κ1) is 15.8. The number of nitrogens with zero attached hydrogens (tertiary/aromatic N) is 1. The lowest BCUT2D eigenvalue weighted by atomic mass is 10.1. The molecule has 0 radical (unpaired) electrons. The van der Waals surface area contributed by atoms with E-state index in [1.54, 1.807) is 32.9 Å². The Morgan fingerprint density at radius 3 is 2.67 bits per heavy atom. The maximum atomic E-state index is 12.9. The first-order chi connectivity index (χ1) is 9.78. The highest BCUT2D eigenvalue weighted by atomic mass is 32.2. The molecule has 0 aliphatic carbocycles. The van der Waals surface area contributed by atoms with Gasteiger partial charge in [-0.2, -0.15) is 4.31 Å². The molecule has 3 N–H and O–H groups in total. The van der Waals surface area contributed by atoms with Gasteiger partial charge < -0.3 is 11.1 Å². The van der Waals surface area contributed by atoms with Crippen LogP contribution in [0, 0.1) is 13.8 Å². The topological polar surface area (TPSA) is 92.5 Å². The number of carbonyl (C=O) groups excluding carboxylic acids is 1. The highest BCUT2D eigenvalue weighted by Crippen LogP contribution is 2.28. The third-order valence-corrected chi connectivity index (χ3v) is 5.83. The number of benzene rings is 1. The first-order valence-electron chi connectivity index (χ1n) is 6.95. The molecule has 1 heterocycles. The van der Waals surface area contributed by atoms with Gasteiger partial charge >= 0.3 is 0 Å². The van der Waals surface area contributed by atoms with Crippen molar-refractivity contribution in [3.05, 3.63) is 23.3 Å². The fourth-order valence-electron chi connectivity index (χ4n) is 2.62. The van der Waals surface area contributed by atoms with Crippen LogP contribution in [0.25, 0.3) is 0 Å². The molecular weight excluding hydrogens is 290 g/mol. The molecule has 116 valence electrons. The van der Waals surface area contributed by atoms with Crippen LogP contribution in [0.1, 0.15) is 24.5 Å². The smallest absolute Gasteiger partial charge is 0.244 e. The number of nitrogens with one attached hydrogen (secondary N) is 1. The molecule has 1 aliphatic rings. The fraction of sp³-hybridized carbons (Fsp3) is 0.500. The minimum absolute atomic E-state index is 0.188. The van der Waals surface area contributed by atoms with Gasteiger partial charge in [0.1, 0.15) is 6.04 Å². The van der Waals surface area contributed by atoms with Crippen molar-refractivity contribution < 1.29 is 13.2 Å². The number of anilines is 1. The van der Waals surface area contributed by atoms with Gasteiger partial charge in [0.05, 0.1) is 4.90 Å². The number of nitrogens with two attached hydrogens (primary N) is 1. The normalized spacial score (nSPS) is 20.3. The molecule has 1 unspecified atom stereocenters. The number of aryl methyl sites for hydroxylation is 1. The Balaban J connectivity index is 2.54. The van der Waals surface area contributed by atoms with Crippen molar-refractivity contribution in [1.82, 2.24) is 9.62 Å². The Kier molecular flexibility index (Phi) is 4.25. The zero-order valence-corrected chi connectivity index (χ0v) is 13.3. The Bertz CT molecular complexity index is 670. The van der Waals surface area contributed by atoms with Gasteiger partial charge in [0.15, 0.2) is 0 Å². The summed E-state index contributed by atoms with van der Waals surface area (Å²) in [4.78, 5) is 12.1. The molecule has 0 spiro atoms. The van der Waals surface area contributed by atoms with E-state index in [1.165, 1.54) is 4.31 Å². The van der Waals surface area contributed by atoms with E-state index in [9.17, 15) is 13.2 Å². The Morgan fingerprint density at radius 2 is 2.05 bits per heavy atom. The Morgan fingerprint density at radius 1 is 1.38 bits per heavy atom. The zero-order valence-electron chi connectivity index (χ0n) is 12.5. The summed E-state index contributed by atoms with van der Waals surface area (Å²) in [6, 6.07) is 2.69. The minimum Gasteiger partial charge on any atom is -0.398 e. The lowest BCUT2D eigenvalue weighted by Gasteiger charge is -2.34. The lowest BCUT2D eigenvalue weighted by Crippen LogP contribution is -2.56. The molecule has 7 heteroatoms. The summed E-state index contributed by atoms with van der Waals surface area (Å²) >= 11 is 0. The predicted molar refractivity (Wildman–Crippen MR) is 81.3 cm³/mol. The van der Waals surface area contributed by atoms with Crippen LogP contribution >= 0.6 is 0 Å². The number of nitrogen functional groups attached to an aromatic ring is 1. The van der Waals surface area contributed by atoms with Gasteiger partial charge in [-0.15, -0.1) is 0 Å². The summed E-state index contributed by atoms with van der Waals surface area (Å²) in [5.41, 5.74) is 7.64. The highest BCUT2D eigenvalue weighted by molar-refractivity contribution is 7.89. The second-order valence-electron chi connectivity index (χ2n) is 5.31. The average Bonchev–Trinajstić information content (AvgIpc) is 2.42. The molecule has 1 aliphatic heterocycles. The third kappa shape index (κ3) is 2.75. The minimum atomic E-state index is -3.74. The number of rotatable bonds is 3. The number of amides is 1. The van der Waals surface area contributed by atoms with Crippen LogP contribution < -0.4 is 11.1 Å². The van der Waals surface area contributed by atoms with E-state index in [4.69, 9.17) is 5.73 Å². The summed E-state index contributed by atoms with van der Waals surface area (Å²) in [6.07, 6.45) is 0.436. The van der Waals surface area contributed by atoms with Gasteiger partial charge in [-0.1, -0.05) is 6.92 Å². The largest absolute Gasteiger partial charge is 0.398 e. The predicted octanol–water partition coefficient (Wildman–Crippen LogP) is 0.785. The lowest BCUT2D eigenvalue weighted by molar-refractivity contribution is -0.126. The third-order valence-electron chi connectivity index (χ3n) is 3.80. The van der Waals surface area contributed by atoms with Gasteiger partial charge in [-0.3, -0.25) is 4.79 Å². The summed E-state index contributed by atoms with van der Waals surface area (Å²) in [7, 11) is -3.74. The van der Waals surface area contributed by atoms with Crippen LogP contribution in [0.3, 0.4) is 0 Å². The highest BCUT2D eigenvalue weighted by Gasteiger charge is 2.38. The van der Waals surface area contributed by atoms with Crippen LogP contribution in [0.15, 0.2) is 17.0 Å². The van der Waals surface area contributed by atoms with Gasteiger partial charge in [-0.25, -0.2) is 8.42 Å². The number of sulfonamides is 1. The number of hydrogen-bond acceptors (Lipinski definition) is 4. The van der Waals surface area contributed by atoms with E-state index in [1.807, 2.05) is 0 Å². The number of hydrogen-bond donors (Lipinski definition) is 2. The van der Waals surface area contributed by atoms with E-state index in [-0.39, 0.29) is 17.3 Å². The van der Waals surface area contributed by atoms with Crippen molar-refractivity contribution in [2.24, 2.45) is 0 Å². The van der Waals surface area contributed by atoms with Crippen molar-refractivity contribution in [3.63, 3.8) is 0 Å². The second-order valence-corrected chi connectivity index (χ2v) is 7.17. The summed E-state index contributed by atoms with van der Waals surface area (Å²) in [5, 5.41) is 2.70. The molecular formula is C14H21N3O3S. The van der Waals surface area contributed by atoms with E-state index in [0.29, 0.717) is 24.2 Å². The fourth-order valence-corrected chi connectivity index (χ4v) is 4.62. The monoisotopic (exact) mass is 311 g/mol. The van der Waals surface area contributed by atoms with Gasteiger partial charge in [0, 0.05) is 18.8 Å². The van der Waals surface area contributed by atoms with E-state index in [0.717, 1.165) is 5.56 Å². The molecule has 0 saturated carbocycles. The standard InChI is InChI=1S/C14H21N3O3S/c1-4-12-14(18)16-5-6-17(12)21(19,20)13-8-9(2)7-11(15)10(13)3/h7-8,12H,4-6,15H2,1-3H3,(H,16,18). The maximum Gasteiger partial charge on any atom is 0.244 e. The molecule has 0 bridgehead atoms. The first-order valence-corrected chi connectivity index (χ1v) is 8.39. The van der Waals surface area contributed by atoms with Gasteiger partial charge in [0.25, 0.3) is 0 Å². The van der Waals surface area contributed by atoms with Crippen molar-refractivity contribution in [2.75, 3.05) is 18.8 Å². The molecule has 1 aromatic carbocycles. The van der Waals surface area contributed by atoms with Crippen molar-refractivity contribution in [3.8, 4) is 0 Å². The number of carbonyl (C=O) groups is 1. The van der Waals surface area contributed by atoms with Crippen LogP contribution in [-0.2, 0) is 14.8 Å². The Labute approximate surface area is 125 Å². The second kappa shape index (κ2) is 5.65. The average molecular weight is 311 g/mol. The number of piperazine rings is 1. The van der Waals surface area contributed by atoms with Crippen molar-refractivity contribution >= 4 is 21.6 Å². The molecule has 0 aromatic heterocycles. The van der Waals surface area contributed by atoms with Crippen molar-refractivity contribution in [2.45, 2.75) is 38.1 Å². The molecule has 1 fully saturated rings. The van der Waals surface area contributed by atoms with Crippen LogP contribution in [0.2, 0.25) is 0 Å². The molecule has 6 nitrogen and oxygen atoms in total. The van der Waals surface area contributed by atoms with Crippen LogP contribution in [0.4, 0.5) is 5.69 Å². The van der Waals surface area contributed by atoms with Crippen LogP contribution in [0.5, 0.6) is 0 Å². The summed E-state index contributed by atoms with van der Waals surface area (Å²) in [5.74, 6) is -0.245.